The second-order valence-corrected chi connectivity index (χ2v) is 5.31. The first-order chi connectivity index (χ1) is 6.22. The number of benzene rings is 1. The topological polar surface area (TPSA) is 17.1 Å². The van der Waals surface area contributed by atoms with Crippen molar-refractivity contribution in [1.29, 1.82) is 0 Å². The molecule has 0 aliphatic heterocycles. The molecule has 0 aliphatic carbocycles. The van der Waals surface area contributed by atoms with Gasteiger partial charge in [0.2, 0.25) is 0 Å². The Morgan fingerprint density at radius 2 is 2.23 bits per heavy atom. The van der Waals surface area contributed by atoms with Crippen LogP contribution in [0.25, 0.3) is 10.1 Å². The van der Waals surface area contributed by atoms with Crippen LogP contribution in [-0.4, -0.2) is 6.29 Å². The summed E-state index contributed by atoms with van der Waals surface area (Å²) in [6, 6.07) is 5.84. The van der Waals surface area contributed by atoms with Crippen molar-refractivity contribution in [1.82, 2.24) is 0 Å². The van der Waals surface area contributed by atoms with Crippen molar-refractivity contribution in [2.75, 3.05) is 0 Å². The molecule has 0 saturated carbocycles. The van der Waals surface area contributed by atoms with Crippen molar-refractivity contribution in [3.63, 3.8) is 0 Å². The number of aryl methyl sites for hydroxylation is 1. The number of fused-ring (bicyclic) bond motifs is 1. The number of carbonyl (C=O) groups is 1. The number of rotatable bonds is 1. The lowest BCUT2D eigenvalue weighted by atomic mass is 10.1. The predicted molar refractivity (Wildman–Crippen MR) is 59.6 cm³/mol. The zero-order valence-corrected chi connectivity index (χ0v) is 9.41. The zero-order chi connectivity index (χ0) is 9.42. The van der Waals surface area contributed by atoms with Gasteiger partial charge in [-0.2, -0.15) is 0 Å². The van der Waals surface area contributed by atoms with Crippen LogP contribution in [0, 0.1) is 6.92 Å². The highest BCUT2D eigenvalue weighted by molar-refractivity contribution is 9.11. The summed E-state index contributed by atoms with van der Waals surface area (Å²) in [5.41, 5.74) is 1.99. The molecular weight excluding hydrogens is 248 g/mol. The van der Waals surface area contributed by atoms with E-state index in [2.05, 4.69) is 22.9 Å². The number of aldehydes is 1. The Labute approximate surface area is 88.5 Å². The molecule has 0 unspecified atom stereocenters. The Hall–Kier alpha value is -0.670. The minimum absolute atomic E-state index is 0.766. The highest BCUT2D eigenvalue weighted by atomic mass is 79.9. The van der Waals surface area contributed by atoms with Crippen molar-refractivity contribution in [2.45, 2.75) is 6.92 Å². The largest absolute Gasteiger partial charge is 0.298 e. The van der Waals surface area contributed by atoms with Gasteiger partial charge in [-0.05, 0) is 34.5 Å². The standard InChI is InChI=1S/C10H7BrOS/c1-6-2-3-7(5-12)8-4-9(11)13-10(6)8/h2-5H,1H3. The van der Waals surface area contributed by atoms with E-state index in [1.54, 1.807) is 11.3 Å². The van der Waals surface area contributed by atoms with Crippen LogP contribution < -0.4 is 0 Å². The third kappa shape index (κ3) is 1.42. The molecule has 13 heavy (non-hydrogen) atoms. The SMILES string of the molecule is Cc1ccc(C=O)c2cc(Br)sc12. The van der Waals surface area contributed by atoms with Crippen LogP contribution in [-0.2, 0) is 0 Å². The minimum Gasteiger partial charge on any atom is -0.298 e. The average Bonchev–Trinajstić information content (AvgIpc) is 2.48. The summed E-state index contributed by atoms with van der Waals surface area (Å²) >= 11 is 5.09. The van der Waals surface area contributed by atoms with Crippen LogP contribution >= 0.6 is 27.3 Å². The Morgan fingerprint density at radius 3 is 2.92 bits per heavy atom. The van der Waals surface area contributed by atoms with E-state index >= 15 is 0 Å². The van der Waals surface area contributed by atoms with Crippen molar-refractivity contribution >= 4 is 43.6 Å². The van der Waals surface area contributed by atoms with Gasteiger partial charge < -0.3 is 0 Å². The fourth-order valence-corrected chi connectivity index (χ4v) is 2.95. The van der Waals surface area contributed by atoms with Crippen LogP contribution in [0.3, 0.4) is 0 Å². The quantitative estimate of drug-likeness (QED) is 0.708. The number of carbonyl (C=O) groups excluding carboxylic acids is 1. The Bertz CT molecular complexity index is 473. The fourth-order valence-electron chi connectivity index (χ4n) is 1.35. The van der Waals surface area contributed by atoms with Gasteiger partial charge in [-0.15, -0.1) is 11.3 Å². The summed E-state index contributed by atoms with van der Waals surface area (Å²) in [5, 5.41) is 1.05. The van der Waals surface area contributed by atoms with Crippen LogP contribution in [0.5, 0.6) is 0 Å². The first kappa shape index (κ1) is 8.91. The summed E-state index contributed by atoms with van der Waals surface area (Å²) in [4.78, 5) is 10.7. The number of halogens is 1. The molecule has 0 radical (unpaired) electrons. The predicted octanol–water partition coefficient (Wildman–Crippen LogP) is 3.78. The van der Waals surface area contributed by atoms with Gasteiger partial charge in [0.1, 0.15) is 0 Å². The van der Waals surface area contributed by atoms with Gasteiger partial charge in [-0.1, -0.05) is 12.1 Å². The van der Waals surface area contributed by atoms with Crippen LogP contribution in [0.4, 0.5) is 0 Å². The third-order valence-electron chi connectivity index (χ3n) is 2.01. The number of thiophene rings is 1. The minimum atomic E-state index is 0.766. The molecule has 3 heteroatoms. The Balaban J connectivity index is 2.91. The highest BCUT2D eigenvalue weighted by Crippen LogP contribution is 2.33. The van der Waals surface area contributed by atoms with Gasteiger partial charge in [0.05, 0.1) is 3.79 Å². The van der Waals surface area contributed by atoms with E-state index in [9.17, 15) is 4.79 Å². The summed E-state index contributed by atoms with van der Waals surface area (Å²) in [5.74, 6) is 0. The molecule has 0 spiro atoms. The molecule has 66 valence electrons. The number of hydrogen-bond donors (Lipinski definition) is 0. The molecule has 2 rings (SSSR count). The van der Waals surface area contributed by atoms with E-state index in [0.29, 0.717) is 0 Å². The van der Waals surface area contributed by atoms with E-state index in [-0.39, 0.29) is 0 Å². The summed E-state index contributed by atoms with van der Waals surface area (Å²) < 4.78 is 2.26. The van der Waals surface area contributed by atoms with Gasteiger partial charge >= 0.3 is 0 Å². The first-order valence-corrected chi connectivity index (χ1v) is 5.47. The normalized spacial score (nSPS) is 10.6. The molecule has 0 atom stereocenters. The molecule has 1 heterocycles. The van der Waals surface area contributed by atoms with Crippen LogP contribution in [0.2, 0.25) is 0 Å². The van der Waals surface area contributed by atoms with Gasteiger partial charge in [0.15, 0.2) is 6.29 Å². The molecule has 0 aliphatic rings. The van der Waals surface area contributed by atoms with Gasteiger partial charge in [-0.25, -0.2) is 0 Å². The van der Waals surface area contributed by atoms with Crippen LogP contribution in [0.1, 0.15) is 15.9 Å². The Morgan fingerprint density at radius 1 is 1.46 bits per heavy atom. The number of hydrogen-bond acceptors (Lipinski definition) is 2. The first-order valence-electron chi connectivity index (χ1n) is 3.86. The average molecular weight is 255 g/mol. The second kappa shape index (κ2) is 3.24. The van der Waals surface area contributed by atoms with E-state index in [0.717, 1.165) is 21.0 Å². The smallest absolute Gasteiger partial charge is 0.150 e. The van der Waals surface area contributed by atoms with Gasteiger partial charge in [0, 0.05) is 15.6 Å². The fraction of sp³-hybridized carbons (Fsp3) is 0.100. The lowest BCUT2D eigenvalue weighted by molar-refractivity contribution is 0.112. The maximum atomic E-state index is 10.7. The molecule has 0 saturated heterocycles. The molecule has 0 fully saturated rings. The van der Waals surface area contributed by atoms with Crippen LogP contribution in [0.15, 0.2) is 22.0 Å². The maximum Gasteiger partial charge on any atom is 0.150 e. The molecule has 1 aromatic heterocycles. The van der Waals surface area contributed by atoms with Gasteiger partial charge in [-0.3, -0.25) is 4.79 Å². The molecule has 0 N–H and O–H groups in total. The van der Waals surface area contributed by atoms with Crippen molar-refractivity contribution in [3.05, 3.63) is 33.1 Å². The Kier molecular flexibility index (Phi) is 2.22. The molecule has 0 amide bonds. The monoisotopic (exact) mass is 254 g/mol. The van der Waals surface area contributed by atoms with E-state index in [1.165, 1.54) is 10.3 Å². The van der Waals surface area contributed by atoms with Crippen molar-refractivity contribution in [3.8, 4) is 0 Å². The second-order valence-electron chi connectivity index (χ2n) is 2.88. The molecule has 1 nitrogen and oxygen atoms in total. The zero-order valence-electron chi connectivity index (χ0n) is 7.00. The summed E-state index contributed by atoms with van der Waals surface area (Å²) in [7, 11) is 0. The highest BCUT2D eigenvalue weighted by Gasteiger charge is 2.06. The van der Waals surface area contributed by atoms with E-state index in [1.807, 2.05) is 18.2 Å². The molecule has 0 bridgehead atoms. The lowest BCUT2D eigenvalue weighted by Gasteiger charge is -1.96. The van der Waals surface area contributed by atoms with E-state index in [4.69, 9.17) is 0 Å². The van der Waals surface area contributed by atoms with Gasteiger partial charge in [0.25, 0.3) is 0 Å². The molecular formula is C10H7BrOS. The lowest BCUT2D eigenvalue weighted by Crippen LogP contribution is -1.81. The third-order valence-corrected chi connectivity index (χ3v) is 3.78. The maximum absolute atomic E-state index is 10.7. The summed E-state index contributed by atoms with van der Waals surface area (Å²) in [6.45, 7) is 2.06. The van der Waals surface area contributed by atoms with Crippen molar-refractivity contribution in [2.24, 2.45) is 0 Å². The van der Waals surface area contributed by atoms with E-state index < -0.39 is 0 Å². The summed E-state index contributed by atoms with van der Waals surface area (Å²) in [6.07, 6.45) is 0.904. The molecule has 1 aromatic carbocycles. The van der Waals surface area contributed by atoms with Crippen molar-refractivity contribution < 1.29 is 4.79 Å². The molecule has 2 aromatic rings.